The smallest absolute Gasteiger partial charge is 0.270 e. The highest BCUT2D eigenvalue weighted by atomic mass is 32.2. The summed E-state index contributed by atoms with van der Waals surface area (Å²) in [7, 11) is 0. The van der Waals surface area contributed by atoms with Crippen molar-refractivity contribution in [3.8, 4) is 11.3 Å². The maximum absolute atomic E-state index is 12.3. The molecule has 34 heavy (non-hydrogen) atoms. The number of amides is 2. The van der Waals surface area contributed by atoms with Crippen molar-refractivity contribution in [1.29, 1.82) is 0 Å². The molecule has 10 nitrogen and oxygen atoms in total. The van der Waals surface area contributed by atoms with E-state index < -0.39 is 10.2 Å². The first-order valence-electron chi connectivity index (χ1n) is 10.2. The fraction of sp³-hybridized carbons (Fsp3) is 0.130. The second-order valence-electron chi connectivity index (χ2n) is 7.37. The molecule has 0 aliphatic carbocycles. The van der Waals surface area contributed by atoms with Gasteiger partial charge in [0.15, 0.2) is 5.17 Å². The number of anilines is 1. The third-order valence-electron chi connectivity index (χ3n) is 4.78. The minimum Gasteiger partial charge on any atom is -0.455 e. The number of thioether (sulfide) groups is 1. The van der Waals surface area contributed by atoms with E-state index in [4.69, 9.17) is 4.42 Å². The molecule has 2 aromatic carbocycles. The van der Waals surface area contributed by atoms with Gasteiger partial charge in [0.1, 0.15) is 16.8 Å². The fourth-order valence-electron chi connectivity index (χ4n) is 3.09. The molecule has 3 aromatic rings. The molecule has 2 N–H and O–H groups in total. The van der Waals surface area contributed by atoms with Crippen LogP contribution in [0, 0.1) is 17.0 Å². The summed E-state index contributed by atoms with van der Waals surface area (Å²) in [5.41, 5.74) is 2.28. The van der Waals surface area contributed by atoms with Crippen LogP contribution in [0.25, 0.3) is 11.3 Å². The Labute approximate surface area is 198 Å². The Kier molecular flexibility index (Phi) is 6.83. The maximum atomic E-state index is 12.3. The standard InChI is InChI=1S/C23H19N5O5S/c1-14-5-7-16(8-6-14)25-21(29)12-20-22(30)26-23(34-20)27-24-13-18-9-10-19(33-18)15-3-2-4-17(11-15)28(31)32/h2-11,13,20H,12H2,1H3,(H,25,29)(H,26,27,30). The zero-order chi connectivity index (χ0) is 24.1. The lowest BCUT2D eigenvalue weighted by Crippen LogP contribution is -2.28. The Bertz CT molecular complexity index is 1300. The second kappa shape index (κ2) is 10.1. The summed E-state index contributed by atoms with van der Waals surface area (Å²) in [5.74, 6) is 0.240. The van der Waals surface area contributed by atoms with E-state index in [9.17, 15) is 19.7 Å². The number of rotatable bonds is 7. The van der Waals surface area contributed by atoms with Crippen molar-refractivity contribution in [3.05, 3.63) is 82.1 Å². The number of nitro benzene ring substituents is 1. The van der Waals surface area contributed by atoms with Crippen LogP contribution < -0.4 is 10.6 Å². The molecule has 172 valence electrons. The molecule has 4 rings (SSSR count). The predicted molar refractivity (Wildman–Crippen MR) is 130 cm³/mol. The van der Waals surface area contributed by atoms with Gasteiger partial charge in [-0.15, -0.1) is 5.10 Å². The van der Waals surface area contributed by atoms with Crippen molar-refractivity contribution in [3.63, 3.8) is 0 Å². The van der Waals surface area contributed by atoms with Crippen LogP contribution in [-0.4, -0.2) is 33.4 Å². The monoisotopic (exact) mass is 477 g/mol. The molecular weight excluding hydrogens is 458 g/mol. The molecule has 1 aliphatic heterocycles. The summed E-state index contributed by atoms with van der Waals surface area (Å²) in [6.07, 6.45) is 1.36. The number of amidine groups is 1. The van der Waals surface area contributed by atoms with Gasteiger partial charge in [-0.25, -0.2) is 0 Å². The lowest BCUT2D eigenvalue weighted by atomic mass is 10.1. The number of hydrogen-bond acceptors (Lipinski definition) is 8. The normalized spacial score (nSPS) is 16.7. The molecule has 1 aliphatic rings. The van der Waals surface area contributed by atoms with Gasteiger partial charge in [-0.3, -0.25) is 19.7 Å². The van der Waals surface area contributed by atoms with Crippen LogP contribution >= 0.6 is 11.8 Å². The number of furan rings is 1. The van der Waals surface area contributed by atoms with Crippen LogP contribution in [0.1, 0.15) is 17.7 Å². The predicted octanol–water partition coefficient (Wildman–Crippen LogP) is 4.11. The van der Waals surface area contributed by atoms with Crippen LogP contribution in [0.2, 0.25) is 0 Å². The number of carbonyl (C=O) groups excluding carboxylic acids is 2. The minimum absolute atomic E-state index is 0.00212. The van der Waals surface area contributed by atoms with E-state index in [2.05, 4.69) is 20.8 Å². The van der Waals surface area contributed by atoms with Crippen LogP contribution in [0.15, 0.2) is 75.3 Å². The fourth-order valence-corrected chi connectivity index (χ4v) is 4.02. The molecule has 1 atom stereocenters. The SMILES string of the molecule is Cc1ccc(NC(=O)CC2SC(=NN=Cc3ccc(-c4cccc([N+](=O)[O-])c4)o3)NC2=O)cc1. The van der Waals surface area contributed by atoms with Crippen molar-refractivity contribution in [1.82, 2.24) is 5.32 Å². The molecule has 2 amide bonds. The van der Waals surface area contributed by atoms with E-state index in [1.807, 2.05) is 19.1 Å². The zero-order valence-corrected chi connectivity index (χ0v) is 18.7. The van der Waals surface area contributed by atoms with Gasteiger partial charge in [0.05, 0.1) is 11.1 Å². The van der Waals surface area contributed by atoms with Gasteiger partial charge < -0.3 is 15.1 Å². The van der Waals surface area contributed by atoms with E-state index in [0.29, 0.717) is 22.8 Å². The molecule has 1 saturated heterocycles. The molecule has 1 unspecified atom stereocenters. The third-order valence-corrected chi connectivity index (χ3v) is 5.86. The first-order chi connectivity index (χ1) is 16.4. The minimum atomic E-state index is -0.608. The first-order valence-corrected chi connectivity index (χ1v) is 11.0. The van der Waals surface area contributed by atoms with E-state index >= 15 is 0 Å². The number of non-ortho nitro benzene ring substituents is 1. The average Bonchev–Trinajstić information content (AvgIpc) is 3.42. The number of benzene rings is 2. The first kappa shape index (κ1) is 22.9. The largest absolute Gasteiger partial charge is 0.455 e. The Hall–Kier alpha value is -4.25. The molecule has 1 fully saturated rings. The summed E-state index contributed by atoms with van der Waals surface area (Å²) in [4.78, 5) is 34.9. The summed E-state index contributed by atoms with van der Waals surface area (Å²) in [6, 6.07) is 16.8. The molecule has 2 heterocycles. The van der Waals surface area contributed by atoms with Crippen molar-refractivity contribution in [2.75, 3.05) is 5.32 Å². The average molecular weight is 478 g/mol. The summed E-state index contributed by atoms with van der Waals surface area (Å²) < 4.78 is 5.64. The summed E-state index contributed by atoms with van der Waals surface area (Å²) in [6.45, 7) is 1.95. The highest BCUT2D eigenvalue weighted by Gasteiger charge is 2.32. The number of hydrogen-bond donors (Lipinski definition) is 2. The third kappa shape index (κ3) is 5.75. The Morgan fingerprint density at radius 1 is 1.24 bits per heavy atom. The molecule has 0 radical (unpaired) electrons. The zero-order valence-electron chi connectivity index (χ0n) is 17.9. The molecule has 0 spiro atoms. The number of nitrogens with zero attached hydrogens (tertiary/aromatic N) is 3. The van der Waals surface area contributed by atoms with E-state index in [1.54, 1.807) is 36.4 Å². The Morgan fingerprint density at radius 2 is 2.03 bits per heavy atom. The highest BCUT2D eigenvalue weighted by molar-refractivity contribution is 8.15. The summed E-state index contributed by atoms with van der Waals surface area (Å²) in [5, 5.41) is 23.9. The number of carbonyl (C=O) groups is 2. The lowest BCUT2D eigenvalue weighted by molar-refractivity contribution is -0.384. The maximum Gasteiger partial charge on any atom is 0.270 e. The molecule has 0 saturated carbocycles. The molecule has 0 bridgehead atoms. The van der Waals surface area contributed by atoms with E-state index in [0.717, 1.165) is 17.3 Å². The summed E-state index contributed by atoms with van der Waals surface area (Å²) >= 11 is 1.12. The van der Waals surface area contributed by atoms with Crippen LogP contribution in [0.5, 0.6) is 0 Å². The topological polar surface area (TPSA) is 139 Å². The van der Waals surface area contributed by atoms with Gasteiger partial charge in [-0.05, 0) is 31.2 Å². The second-order valence-corrected chi connectivity index (χ2v) is 8.56. The number of nitrogens with one attached hydrogen (secondary N) is 2. The molecular formula is C23H19N5O5S. The van der Waals surface area contributed by atoms with Crippen molar-refractivity contribution in [2.45, 2.75) is 18.6 Å². The Morgan fingerprint density at radius 3 is 2.79 bits per heavy atom. The highest BCUT2D eigenvalue weighted by Crippen LogP contribution is 2.26. The van der Waals surface area contributed by atoms with Gasteiger partial charge in [0, 0.05) is 29.8 Å². The lowest BCUT2D eigenvalue weighted by Gasteiger charge is -2.07. The van der Waals surface area contributed by atoms with Crippen LogP contribution in [-0.2, 0) is 9.59 Å². The van der Waals surface area contributed by atoms with Crippen LogP contribution in [0.4, 0.5) is 11.4 Å². The Balaban J connectivity index is 1.34. The van der Waals surface area contributed by atoms with Gasteiger partial charge >= 0.3 is 0 Å². The molecule has 1 aromatic heterocycles. The van der Waals surface area contributed by atoms with Gasteiger partial charge in [-0.1, -0.05) is 41.6 Å². The van der Waals surface area contributed by atoms with Gasteiger partial charge in [0.2, 0.25) is 11.8 Å². The number of aryl methyl sites for hydroxylation is 1. The van der Waals surface area contributed by atoms with Crippen LogP contribution in [0.3, 0.4) is 0 Å². The molecule has 11 heteroatoms. The van der Waals surface area contributed by atoms with E-state index in [1.165, 1.54) is 18.3 Å². The van der Waals surface area contributed by atoms with Crippen molar-refractivity contribution >= 4 is 46.3 Å². The van der Waals surface area contributed by atoms with Gasteiger partial charge in [0.25, 0.3) is 5.69 Å². The van der Waals surface area contributed by atoms with Crippen molar-refractivity contribution < 1.29 is 18.9 Å². The van der Waals surface area contributed by atoms with E-state index in [-0.39, 0.29) is 29.1 Å². The van der Waals surface area contributed by atoms with Crippen molar-refractivity contribution in [2.24, 2.45) is 10.2 Å². The van der Waals surface area contributed by atoms with Gasteiger partial charge in [-0.2, -0.15) is 5.10 Å². The quantitative estimate of drug-likeness (QED) is 0.298. The number of nitro groups is 1.